The van der Waals surface area contributed by atoms with Crippen molar-refractivity contribution in [2.24, 2.45) is 5.92 Å². The summed E-state index contributed by atoms with van der Waals surface area (Å²) in [4.78, 5) is 12.1. The Morgan fingerprint density at radius 2 is 1.57 bits per heavy atom. The molecule has 1 unspecified atom stereocenters. The van der Waals surface area contributed by atoms with Crippen LogP contribution in [0.5, 0.6) is 0 Å². The van der Waals surface area contributed by atoms with Crippen molar-refractivity contribution in [1.82, 2.24) is 5.32 Å². The minimum absolute atomic E-state index is 0.0612. The summed E-state index contributed by atoms with van der Waals surface area (Å²) >= 11 is 0. The Morgan fingerprint density at radius 3 is 2.04 bits per heavy atom. The van der Waals surface area contributed by atoms with Crippen molar-refractivity contribution in [3.63, 3.8) is 0 Å². The van der Waals surface area contributed by atoms with E-state index in [1.54, 1.807) is 12.1 Å². The van der Waals surface area contributed by atoms with Crippen LogP contribution >= 0.6 is 0 Å². The third-order valence-electron chi connectivity index (χ3n) is 3.34. The van der Waals surface area contributed by atoms with Gasteiger partial charge in [-0.05, 0) is 38.8 Å². The van der Waals surface area contributed by atoms with E-state index in [9.17, 15) is 4.79 Å². The summed E-state index contributed by atoms with van der Waals surface area (Å²) in [5.74, 6) is 0.146. The lowest BCUT2D eigenvalue weighted by Gasteiger charge is -2.30. The van der Waals surface area contributed by atoms with Crippen LogP contribution in [-0.4, -0.2) is 41.1 Å². The molecule has 130 valence electrons. The largest absolute Gasteiger partial charge is 0.501 e. The molecule has 0 aromatic heterocycles. The summed E-state index contributed by atoms with van der Waals surface area (Å²) in [5, 5.41) is 2.96. The minimum Gasteiger partial charge on any atom is -0.374 e. The highest BCUT2D eigenvalue weighted by atomic mass is 28.4. The summed E-state index contributed by atoms with van der Waals surface area (Å²) in [5.41, 5.74) is 0.669. The van der Waals surface area contributed by atoms with Crippen LogP contribution in [0.25, 0.3) is 0 Å². The first-order chi connectivity index (χ1) is 11.1. The number of nitrogens with one attached hydrogen (secondary N) is 1. The van der Waals surface area contributed by atoms with E-state index in [1.807, 2.05) is 39.0 Å². The van der Waals surface area contributed by atoms with Crippen molar-refractivity contribution < 1.29 is 18.1 Å². The fourth-order valence-electron chi connectivity index (χ4n) is 2.42. The van der Waals surface area contributed by atoms with Gasteiger partial charge >= 0.3 is 8.80 Å². The molecule has 0 saturated heterocycles. The number of hydrogen-bond acceptors (Lipinski definition) is 4. The monoisotopic (exact) mass is 339 g/mol. The van der Waals surface area contributed by atoms with Gasteiger partial charge in [0.15, 0.2) is 0 Å². The SMILES string of the molecule is CCO[Si](CC(C)CNC(=O)c1ccccc1)(OCC)OCC. The summed E-state index contributed by atoms with van der Waals surface area (Å²) in [6, 6.07) is 9.91. The number of benzene rings is 1. The third kappa shape index (κ3) is 6.82. The van der Waals surface area contributed by atoms with Gasteiger partial charge in [-0.2, -0.15) is 0 Å². The Bertz CT molecular complexity index is 438. The number of rotatable bonds is 11. The van der Waals surface area contributed by atoms with Crippen LogP contribution in [0.2, 0.25) is 6.04 Å². The molecule has 0 aliphatic carbocycles. The average Bonchev–Trinajstić information content (AvgIpc) is 2.54. The molecular weight excluding hydrogens is 310 g/mol. The zero-order valence-electron chi connectivity index (χ0n) is 14.6. The van der Waals surface area contributed by atoms with Crippen molar-refractivity contribution in [3.8, 4) is 0 Å². The van der Waals surface area contributed by atoms with Gasteiger partial charge in [0.05, 0.1) is 0 Å². The van der Waals surface area contributed by atoms with Gasteiger partial charge in [-0.1, -0.05) is 25.1 Å². The van der Waals surface area contributed by atoms with Gasteiger partial charge in [0.1, 0.15) is 0 Å². The van der Waals surface area contributed by atoms with Gasteiger partial charge in [0, 0.05) is 38.0 Å². The second kappa shape index (κ2) is 10.5. The fraction of sp³-hybridized carbons (Fsp3) is 0.588. The van der Waals surface area contributed by atoms with E-state index in [0.717, 1.165) is 0 Å². The quantitative estimate of drug-likeness (QED) is 0.629. The molecule has 0 radical (unpaired) electrons. The summed E-state index contributed by atoms with van der Waals surface area (Å²) in [6.45, 7) is 10.2. The first-order valence-electron chi connectivity index (χ1n) is 8.32. The Kier molecular flexibility index (Phi) is 9.09. The molecule has 1 aromatic rings. The molecule has 0 spiro atoms. The zero-order chi connectivity index (χ0) is 17.1. The Labute approximate surface area is 140 Å². The van der Waals surface area contributed by atoms with Gasteiger partial charge in [0.25, 0.3) is 5.91 Å². The molecule has 0 saturated carbocycles. The van der Waals surface area contributed by atoms with Crippen LogP contribution in [0.3, 0.4) is 0 Å². The van der Waals surface area contributed by atoms with Crippen LogP contribution in [0.1, 0.15) is 38.1 Å². The van der Waals surface area contributed by atoms with Crippen LogP contribution < -0.4 is 5.32 Å². The number of carbonyl (C=O) groups excluding carboxylic acids is 1. The average molecular weight is 340 g/mol. The van der Waals surface area contributed by atoms with E-state index < -0.39 is 8.80 Å². The second-order valence-corrected chi connectivity index (χ2v) is 8.01. The lowest BCUT2D eigenvalue weighted by Crippen LogP contribution is -2.48. The standard InChI is InChI=1S/C17H29NO4Si/c1-5-20-23(21-6-2,22-7-3)14-15(4)13-18-17(19)16-11-9-8-10-12-16/h8-12,15H,5-7,13-14H2,1-4H3,(H,18,19). The number of carbonyl (C=O) groups is 1. The Hall–Kier alpha value is -1.21. The van der Waals surface area contributed by atoms with E-state index in [-0.39, 0.29) is 11.8 Å². The van der Waals surface area contributed by atoms with Gasteiger partial charge in [0.2, 0.25) is 0 Å². The van der Waals surface area contributed by atoms with E-state index >= 15 is 0 Å². The van der Waals surface area contributed by atoms with Crippen LogP contribution in [0.15, 0.2) is 30.3 Å². The van der Waals surface area contributed by atoms with Crippen LogP contribution in [0, 0.1) is 5.92 Å². The molecular formula is C17H29NO4Si. The van der Waals surface area contributed by atoms with Crippen LogP contribution in [-0.2, 0) is 13.3 Å². The highest BCUT2D eigenvalue weighted by Gasteiger charge is 2.41. The van der Waals surface area contributed by atoms with Crippen LogP contribution in [0.4, 0.5) is 0 Å². The number of hydrogen-bond donors (Lipinski definition) is 1. The molecule has 1 aromatic carbocycles. The fourth-order valence-corrected chi connectivity index (χ4v) is 5.34. The topological polar surface area (TPSA) is 56.8 Å². The molecule has 6 heteroatoms. The summed E-state index contributed by atoms with van der Waals surface area (Å²) in [7, 11) is -2.66. The molecule has 0 bridgehead atoms. The molecule has 0 aliphatic heterocycles. The second-order valence-electron chi connectivity index (χ2n) is 5.37. The molecule has 1 atom stereocenters. The summed E-state index contributed by atoms with van der Waals surface area (Å²) < 4.78 is 17.6. The molecule has 23 heavy (non-hydrogen) atoms. The maximum absolute atomic E-state index is 12.1. The maximum Gasteiger partial charge on any atom is 0.501 e. The van der Waals surface area contributed by atoms with E-state index in [4.69, 9.17) is 13.3 Å². The predicted octanol–water partition coefficient (Wildman–Crippen LogP) is 3.10. The third-order valence-corrected chi connectivity index (χ3v) is 6.72. The Balaban J connectivity index is 2.57. The molecule has 1 amide bonds. The first kappa shape index (κ1) is 19.8. The van der Waals surface area contributed by atoms with Crippen molar-refractivity contribution in [3.05, 3.63) is 35.9 Å². The molecule has 1 rings (SSSR count). The van der Waals surface area contributed by atoms with Crippen molar-refractivity contribution in [1.29, 1.82) is 0 Å². The van der Waals surface area contributed by atoms with Crippen molar-refractivity contribution in [2.75, 3.05) is 26.4 Å². The molecule has 0 heterocycles. The number of amides is 1. The maximum atomic E-state index is 12.1. The van der Waals surface area contributed by atoms with E-state index in [1.165, 1.54) is 0 Å². The van der Waals surface area contributed by atoms with E-state index in [2.05, 4.69) is 12.2 Å². The first-order valence-corrected chi connectivity index (χ1v) is 10.2. The van der Waals surface area contributed by atoms with E-state index in [0.29, 0.717) is 38.0 Å². The van der Waals surface area contributed by atoms with Gasteiger partial charge in [-0.25, -0.2) is 0 Å². The lowest BCUT2D eigenvalue weighted by molar-refractivity contribution is 0.0671. The van der Waals surface area contributed by atoms with Crippen molar-refractivity contribution in [2.45, 2.75) is 33.7 Å². The highest BCUT2D eigenvalue weighted by Crippen LogP contribution is 2.21. The smallest absolute Gasteiger partial charge is 0.374 e. The lowest BCUT2D eigenvalue weighted by atomic mass is 10.2. The normalized spacial score (nSPS) is 12.9. The molecule has 0 fully saturated rings. The predicted molar refractivity (Wildman–Crippen MR) is 93.4 cm³/mol. The highest BCUT2D eigenvalue weighted by molar-refractivity contribution is 6.60. The minimum atomic E-state index is -2.66. The van der Waals surface area contributed by atoms with Gasteiger partial charge in [-0.15, -0.1) is 0 Å². The Morgan fingerprint density at radius 1 is 1.04 bits per heavy atom. The zero-order valence-corrected chi connectivity index (χ0v) is 15.6. The molecule has 0 aliphatic rings. The van der Waals surface area contributed by atoms with Gasteiger partial charge in [-0.3, -0.25) is 4.79 Å². The van der Waals surface area contributed by atoms with Crippen molar-refractivity contribution >= 4 is 14.7 Å². The molecule has 1 N–H and O–H groups in total. The summed E-state index contributed by atoms with van der Waals surface area (Å²) in [6.07, 6.45) is 0. The van der Waals surface area contributed by atoms with Gasteiger partial charge < -0.3 is 18.6 Å². The molecule has 5 nitrogen and oxygen atoms in total.